The summed E-state index contributed by atoms with van der Waals surface area (Å²) in [6.07, 6.45) is 3.08. The first-order valence-corrected chi connectivity index (χ1v) is 7.79. The monoisotopic (exact) mass is 310 g/mol. The van der Waals surface area contributed by atoms with Gasteiger partial charge in [-0.2, -0.15) is 0 Å². The fourth-order valence-corrected chi connectivity index (χ4v) is 2.90. The van der Waals surface area contributed by atoms with Gasteiger partial charge in [0.15, 0.2) is 0 Å². The van der Waals surface area contributed by atoms with Gasteiger partial charge >= 0.3 is 0 Å². The fraction of sp³-hybridized carbons (Fsp3) is 0.562. The summed E-state index contributed by atoms with van der Waals surface area (Å²) in [6, 6.07) is 6.44. The van der Waals surface area contributed by atoms with Crippen LogP contribution in [0.2, 0.25) is 5.02 Å². The average molecular weight is 311 g/mol. The number of hydrogen-bond acceptors (Lipinski definition) is 2. The van der Waals surface area contributed by atoms with E-state index in [0.717, 1.165) is 32.5 Å². The molecule has 1 N–H and O–H groups in total. The van der Waals surface area contributed by atoms with Crippen molar-refractivity contribution in [2.45, 2.75) is 37.4 Å². The molecule has 2 fully saturated rings. The van der Waals surface area contributed by atoms with Crippen LogP contribution >= 0.6 is 11.6 Å². The number of nitrogens with one attached hydrogen (secondary N) is 1. The smallest absolute Gasteiger partial charge is 0.262 e. The third-order valence-electron chi connectivity index (χ3n) is 4.50. The van der Waals surface area contributed by atoms with Crippen LogP contribution in [0.1, 0.15) is 31.7 Å². The molecule has 0 aromatic heterocycles. The van der Waals surface area contributed by atoms with Gasteiger partial charge in [-0.15, -0.1) is 0 Å². The van der Waals surface area contributed by atoms with Gasteiger partial charge in [-0.3, -0.25) is 4.79 Å². The normalized spacial score (nSPS) is 23.0. The summed E-state index contributed by atoms with van der Waals surface area (Å²) in [6.45, 7) is 4.30. The number of hydrogen-bond donors (Lipinski definition) is 1. The number of likely N-dealkylation sites (tertiary alicyclic amines) is 1. The molecule has 1 heterocycles. The highest BCUT2D eigenvalue weighted by atomic mass is 35.5. The highest BCUT2D eigenvalue weighted by Crippen LogP contribution is 2.39. The van der Waals surface area contributed by atoms with Crippen molar-refractivity contribution >= 4 is 17.5 Å². The molecule has 0 radical (unpaired) electrons. The van der Waals surface area contributed by atoms with Crippen molar-refractivity contribution < 1.29 is 9.18 Å². The summed E-state index contributed by atoms with van der Waals surface area (Å²) < 4.78 is 14.9. The van der Waals surface area contributed by atoms with Crippen LogP contribution in [0, 0.1) is 0 Å². The fourth-order valence-electron chi connectivity index (χ4n) is 2.71. The third-order valence-corrected chi connectivity index (χ3v) is 4.74. The topological polar surface area (TPSA) is 32.3 Å². The summed E-state index contributed by atoms with van der Waals surface area (Å²) in [7, 11) is 0. The zero-order valence-electron chi connectivity index (χ0n) is 12.2. The van der Waals surface area contributed by atoms with Gasteiger partial charge in [0.1, 0.15) is 0 Å². The average Bonchev–Trinajstić information content (AvgIpc) is 3.14. The van der Waals surface area contributed by atoms with Gasteiger partial charge in [0.2, 0.25) is 5.67 Å². The summed E-state index contributed by atoms with van der Waals surface area (Å²) >= 11 is 5.89. The second kappa shape index (κ2) is 5.25. The SMILES string of the molecule is CC(F)(C(=O)NC1(CN2CCC2)CC1)c1cccc(Cl)c1. The summed E-state index contributed by atoms with van der Waals surface area (Å²) in [5.74, 6) is -0.567. The van der Waals surface area contributed by atoms with Crippen LogP contribution in [-0.2, 0) is 10.5 Å². The van der Waals surface area contributed by atoms with Crippen molar-refractivity contribution in [3.63, 3.8) is 0 Å². The van der Waals surface area contributed by atoms with Crippen molar-refractivity contribution in [2.75, 3.05) is 19.6 Å². The first-order chi connectivity index (χ1) is 9.91. The molecule has 21 heavy (non-hydrogen) atoms. The van der Waals surface area contributed by atoms with E-state index >= 15 is 0 Å². The molecule has 1 aliphatic heterocycles. The van der Waals surface area contributed by atoms with E-state index in [1.807, 2.05) is 0 Å². The highest BCUT2D eigenvalue weighted by molar-refractivity contribution is 6.30. The number of carbonyl (C=O) groups excluding carboxylic acids is 1. The molecule has 1 atom stereocenters. The van der Waals surface area contributed by atoms with Gasteiger partial charge in [-0.1, -0.05) is 23.7 Å². The number of halogens is 2. The molecular weight excluding hydrogens is 291 g/mol. The van der Waals surface area contributed by atoms with E-state index in [2.05, 4.69) is 10.2 Å². The third kappa shape index (κ3) is 3.06. The van der Waals surface area contributed by atoms with Crippen molar-refractivity contribution in [3.05, 3.63) is 34.9 Å². The molecule has 2 aliphatic rings. The predicted molar refractivity (Wildman–Crippen MR) is 81.1 cm³/mol. The van der Waals surface area contributed by atoms with Crippen LogP contribution in [0.3, 0.4) is 0 Å². The lowest BCUT2D eigenvalue weighted by Crippen LogP contribution is -2.53. The van der Waals surface area contributed by atoms with Crippen molar-refractivity contribution in [1.29, 1.82) is 0 Å². The minimum Gasteiger partial charge on any atom is -0.346 e. The molecule has 3 rings (SSSR count). The molecule has 1 saturated heterocycles. The predicted octanol–water partition coefficient (Wildman–Crippen LogP) is 2.88. The molecule has 0 spiro atoms. The zero-order chi connectivity index (χ0) is 15.1. The number of nitrogens with zero attached hydrogens (tertiary/aromatic N) is 1. The van der Waals surface area contributed by atoms with Gasteiger partial charge < -0.3 is 10.2 Å². The van der Waals surface area contributed by atoms with E-state index in [0.29, 0.717) is 10.6 Å². The number of carbonyl (C=O) groups is 1. The maximum Gasteiger partial charge on any atom is 0.262 e. The van der Waals surface area contributed by atoms with Crippen LogP contribution in [0.5, 0.6) is 0 Å². The Morgan fingerprint density at radius 3 is 2.71 bits per heavy atom. The van der Waals surface area contributed by atoms with E-state index < -0.39 is 11.6 Å². The van der Waals surface area contributed by atoms with Crippen LogP contribution in [0.4, 0.5) is 4.39 Å². The Morgan fingerprint density at radius 2 is 2.19 bits per heavy atom. The van der Waals surface area contributed by atoms with Crippen LogP contribution < -0.4 is 5.32 Å². The maximum absolute atomic E-state index is 14.9. The van der Waals surface area contributed by atoms with E-state index in [1.165, 1.54) is 19.4 Å². The van der Waals surface area contributed by atoms with Crippen molar-refractivity contribution in [1.82, 2.24) is 10.2 Å². The quantitative estimate of drug-likeness (QED) is 0.907. The Kier molecular flexibility index (Phi) is 3.70. The largest absolute Gasteiger partial charge is 0.346 e. The standard InChI is InChI=1S/C16H20ClFN2O/c1-15(18,12-4-2-5-13(17)10-12)14(21)19-16(6-7-16)11-20-8-3-9-20/h2,4-5,10H,3,6-9,11H2,1H3,(H,19,21). The molecule has 5 heteroatoms. The molecule has 1 saturated carbocycles. The summed E-state index contributed by atoms with van der Waals surface area (Å²) in [4.78, 5) is 14.7. The van der Waals surface area contributed by atoms with Gasteiger partial charge in [0, 0.05) is 11.6 Å². The summed E-state index contributed by atoms with van der Waals surface area (Å²) in [5, 5.41) is 3.36. The number of rotatable bonds is 5. The van der Waals surface area contributed by atoms with Gasteiger partial charge in [-0.25, -0.2) is 4.39 Å². The Hall–Kier alpha value is -1.13. The van der Waals surface area contributed by atoms with Crippen LogP contribution in [0.25, 0.3) is 0 Å². The maximum atomic E-state index is 14.9. The lowest BCUT2D eigenvalue weighted by Gasteiger charge is -2.35. The Labute approximate surface area is 129 Å². The molecule has 114 valence electrons. The second-order valence-corrected chi connectivity index (χ2v) is 6.81. The van der Waals surface area contributed by atoms with E-state index in [-0.39, 0.29) is 5.54 Å². The van der Waals surface area contributed by atoms with E-state index in [1.54, 1.807) is 18.2 Å². The Morgan fingerprint density at radius 1 is 1.48 bits per heavy atom. The molecular formula is C16H20ClFN2O. The first kappa shape index (κ1) is 14.8. The number of amides is 1. The molecule has 1 amide bonds. The van der Waals surface area contributed by atoms with Gasteiger partial charge in [0.25, 0.3) is 5.91 Å². The van der Waals surface area contributed by atoms with Crippen molar-refractivity contribution in [3.8, 4) is 0 Å². The highest BCUT2D eigenvalue weighted by Gasteiger charge is 2.49. The minimum atomic E-state index is -2.06. The van der Waals surface area contributed by atoms with Gasteiger partial charge in [0.05, 0.1) is 5.54 Å². The lowest BCUT2D eigenvalue weighted by molar-refractivity contribution is -0.133. The molecule has 1 aliphatic carbocycles. The van der Waals surface area contributed by atoms with Crippen LogP contribution in [-0.4, -0.2) is 36.0 Å². The molecule has 3 nitrogen and oxygen atoms in total. The Balaban J connectivity index is 1.69. The molecule has 1 aromatic rings. The second-order valence-electron chi connectivity index (χ2n) is 6.38. The summed E-state index contributed by atoms with van der Waals surface area (Å²) in [5.41, 5.74) is -1.98. The number of benzene rings is 1. The number of alkyl halides is 1. The molecule has 1 aromatic carbocycles. The first-order valence-electron chi connectivity index (χ1n) is 7.41. The van der Waals surface area contributed by atoms with Crippen LogP contribution in [0.15, 0.2) is 24.3 Å². The molecule has 1 unspecified atom stereocenters. The zero-order valence-corrected chi connectivity index (χ0v) is 12.9. The molecule has 0 bridgehead atoms. The minimum absolute atomic E-state index is 0.219. The van der Waals surface area contributed by atoms with E-state index in [9.17, 15) is 9.18 Å². The lowest BCUT2D eigenvalue weighted by atomic mass is 9.96. The Bertz CT molecular complexity index is 553. The van der Waals surface area contributed by atoms with Gasteiger partial charge in [-0.05, 0) is 57.0 Å². The van der Waals surface area contributed by atoms with Crippen molar-refractivity contribution in [2.24, 2.45) is 0 Å². The van der Waals surface area contributed by atoms with E-state index in [4.69, 9.17) is 11.6 Å².